The summed E-state index contributed by atoms with van der Waals surface area (Å²) < 4.78 is 5.07. The van der Waals surface area contributed by atoms with Crippen LogP contribution in [0.25, 0.3) is 0 Å². The molecule has 0 aliphatic carbocycles. The molecule has 0 unspecified atom stereocenters. The Morgan fingerprint density at radius 1 is 1.28 bits per heavy atom. The summed E-state index contributed by atoms with van der Waals surface area (Å²) in [5.41, 5.74) is 5.27. The molecule has 0 radical (unpaired) electrons. The fourth-order valence-corrected chi connectivity index (χ4v) is 3.52. The van der Waals surface area contributed by atoms with Gasteiger partial charge < -0.3 is 9.84 Å². The minimum absolute atomic E-state index is 0.0798. The van der Waals surface area contributed by atoms with Crippen LogP contribution in [0.3, 0.4) is 0 Å². The van der Waals surface area contributed by atoms with Gasteiger partial charge >= 0.3 is 0 Å². The van der Waals surface area contributed by atoms with Crippen LogP contribution < -0.4 is 5.32 Å². The molecule has 1 saturated heterocycles. The number of amides is 1. The molecule has 5 nitrogen and oxygen atoms in total. The Kier molecular flexibility index (Phi) is 5.23. The lowest BCUT2D eigenvalue weighted by atomic mass is 10.1. The first-order valence-corrected chi connectivity index (χ1v) is 8.93. The van der Waals surface area contributed by atoms with Crippen molar-refractivity contribution in [2.75, 3.05) is 19.6 Å². The molecule has 0 saturated carbocycles. The van der Waals surface area contributed by atoms with E-state index in [4.69, 9.17) is 4.52 Å². The van der Waals surface area contributed by atoms with E-state index in [0.29, 0.717) is 29.5 Å². The molecule has 1 aromatic heterocycles. The maximum absolute atomic E-state index is 12.3. The SMILES string of the molecule is Cc1ccc(CN2CC[C@H](CNC(=O)c3c(C)noc3C)C2)cc1C. The number of carbonyl (C=O) groups is 1. The smallest absolute Gasteiger partial charge is 0.256 e. The molecule has 5 heteroatoms. The predicted molar refractivity (Wildman–Crippen MR) is 97.6 cm³/mol. The average Bonchev–Trinajstić information content (AvgIpc) is 3.15. The van der Waals surface area contributed by atoms with Gasteiger partial charge in [-0.3, -0.25) is 9.69 Å². The second-order valence-electron chi connectivity index (χ2n) is 7.22. The summed E-state index contributed by atoms with van der Waals surface area (Å²) in [4.78, 5) is 14.8. The van der Waals surface area contributed by atoms with E-state index in [-0.39, 0.29) is 5.91 Å². The summed E-state index contributed by atoms with van der Waals surface area (Å²) in [6.07, 6.45) is 1.12. The zero-order valence-electron chi connectivity index (χ0n) is 15.6. The minimum atomic E-state index is -0.0798. The van der Waals surface area contributed by atoms with Crippen molar-refractivity contribution in [1.82, 2.24) is 15.4 Å². The molecule has 2 aromatic rings. The van der Waals surface area contributed by atoms with Crippen LogP contribution >= 0.6 is 0 Å². The van der Waals surface area contributed by atoms with Crippen LogP contribution in [0.1, 0.15) is 44.9 Å². The highest BCUT2D eigenvalue weighted by Gasteiger charge is 2.24. The summed E-state index contributed by atoms with van der Waals surface area (Å²) in [6.45, 7) is 11.7. The van der Waals surface area contributed by atoms with E-state index in [2.05, 4.69) is 47.4 Å². The molecule has 1 atom stereocenters. The lowest BCUT2D eigenvalue weighted by Crippen LogP contribution is -2.31. The van der Waals surface area contributed by atoms with Crippen molar-refractivity contribution in [3.05, 3.63) is 51.9 Å². The summed E-state index contributed by atoms with van der Waals surface area (Å²) >= 11 is 0. The van der Waals surface area contributed by atoms with Crippen molar-refractivity contribution in [2.45, 2.75) is 40.7 Å². The molecule has 1 aliphatic heterocycles. The Labute approximate surface area is 149 Å². The summed E-state index contributed by atoms with van der Waals surface area (Å²) in [5, 5.41) is 6.89. The van der Waals surface area contributed by atoms with E-state index < -0.39 is 0 Å². The van der Waals surface area contributed by atoms with Crippen LogP contribution in [0, 0.1) is 33.6 Å². The van der Waals surface area contributed by atoms with Gasteiger partial charge in [0.1, 0.15) is 11.3 Å². The zero-order chi connectivity index (χ0) is 18.0. The van der Waals surface area contributed by atoms with Crippen LogP contribution in [0.4, 0.5) is 0 Å². The van der Waals surface area contributed by atoms with Gasteiger partial charge in [-0.25, -0.2) is 0 Å². The van der Waals surface area contributed by atoms with Crippen molar-refractivity contribution >= 4 is 5.91 Å². The standard InChI is InChI=1S/C20H27N3O2/c1-13-5-6-17(9-14(13)2)11-23-8-7-18(12-23)10-21-20(24)19-15(3)22-25-16(19)4/h5-6,9,18H,7-8,10-12H2,1-4H3,(H,21,24)/t18-/m1/s1. The third-order valence-corrected chi connectivity index (χ3v) is 5.16. The lowest BCUT2D eigenvalue weighted by Gasteiger charge is -2.17. The fraction of sp³-hybridized carbons (Fsp3) is 0.500. The number of hydrogen-bond donors (Lipinski definition) is 1. The molecule has 1 amide bonds. The number of aromatic nitrogens is 1. The molecule has 0 bridgehead atoms. The number of nitrogens with one attached hydrogen (secondary N) is 1. The first-order chi connectivity index (χ1) is 11.9. The maximum atomic E-state index is 12.3. The van der Waals surface area contributed by atoms with Crippen molar-refractivity contribution in [3.8, 4) is 0 Å². The minimum Gasteiger partial charge on any atom is -0.361 e. The number of benzene rings is 1. The van der Waals surface area contributed by atoms with Gasteiger partial charge in [-0.1, -0.05) is 23.4 Å². The lowest BCUT2D eigenvalue weighted by molar-refractivity contribution is 0.0945. The van der Waals surface area contributed by atoms with Gasteiger partial charge in [0.05, 0.1) is 5.69 Å². The topological polar surface area (TPSA) is 58.4 Å². The fourth-order valence-electron chi connectivity index (χ4n) is 3.52. The van der Waals surface area contributed by atoms with Crippen molar-refractivity contribution in [1.29, 1.82) is 0 Å². The van der Waals surface area contributed by atoms with Gasteiger partial charge in [0.2, 0.25) is 0 Å². The molecule has 3 rings (SSSR count). The van der Waals surface area contributed by atoms with Gasteiger partial charge in [-0.05, 0) is 63.3 Å². The van der Waals surface area contributed by atoms with Gasteiger partial charge in [0.25, 0.3) is 5.91 Å². The van der Waals surface area contributed by atoms with E-state index >= 15 is 0 Å². The Morgan fingerprint density at radius 3 is 2.76 bits per heavy atom. The largest absolute Gasteiger partial charge is 0.361 e. The van der Waals surface area contributed by atoms with Gasteiger partial charge in [-0.15, -0.1) is 0 Å². The van der Waals surface area contributed by atoms with Crippen molar-refractivity contribution in [3.63, 3.8) is 0 Å². The second-order valence-corrected chi connectivity index (χ2v) is 7.22. The molecular weight excluding hydrogens is 314 g/mol. The third kappa shape index (κ3) is 4.10. The molecule has 134 valence electrons. The third-order valence-electron chi connectivity index (χ3n) is 5.16. The quantitative estimate of drug-likeness (QED) is 0.907. The van der Waals surface area contributed by atoms with Crippen LogP contribution in [0.15, 0.2) is 22.7 Å². The van der Waals surface area contributed by atoms with Crippen LogP contribution in [-0.4, -0.2) is 35.6 Å². The number of carbonyl (C=O) groups excluding carboxylic acids is 1. The highest BCUT2D eigenvalue weighted by molar-refractivity contribution is 5.96. The molecule has 1 fully saturated rings. The normalized spacial score (nSPS) is 17.8. The highest BCUT2D eigenvalue weighted by atomic mass is 16.5. The van der Waals surface area contributed by atoms with Crippen molar-refractivity contribution in [2.24, 2.45) is 5.92 Å². The van der Waals surface area contributed by atoms with E-state index in [1.165, 1.54) is 16.7 Å². The van der Waals surface area contributed by atoms with Crippen molar-refractivity contribution < 1.29 is 9.32 Å². The Bertz CT molecular complexity index is 747. The zero-order valence-corrected chi connectivity index (χ0v) is 15.6. The van der Waals surface area contributed by atoms with E-state index in [1.54, 1.807) is 13.8 Å². The van der Waals surface area contributed by atoms with Crippen LogP contribution in [0.2, 0.25) is 0 Å². The summed E-state index contributed by atoms with van der Waals surface area (Å²) in [7, 11) is 0. The van der Waals surface area contributed by atoms with Crippen LogP contribution in [-0.2, 0) is 6.54 Å². The molecule has 1 N–H and O–H groups in total. The number of rotatable bonds is 5. The number of aryl methyl sites for hydroxylation is 4. The maximum Gasteiger partial charge on any atom is 0.256 e. The van der Waals surface area contributed by atoms with E-state index in [9.17, 15) is 4.79 Å². The Morgan fingerprint density at radius 2 is 2.08 bits per heavy atom. The molecule has 1 aliphatic rings. The summed E-state index contributed by atoms with van der Waals surface area (Å²) in [6, 6.07) is 6.69. The van der Waals surface area contributed by atoms with Gasteiger partial charge in [0.15, 0.2) is 0 Å². The first kappa shape index (κ1) is 17.7. The predicted octanol–water partition coefficient (Wildman–Crippen LogP) is 3.16. The first-order valence-electron chi connectivity index (χ1n) is 8.93. The monoisotopic (exact) mass is 341 g/mol. The number of hydrogen-bond acceptors (Lipinski definition) is 4. The molecule has 2 heterocycles. The van der Waals surface area contributed by atoms with E-state index in [1.807, 2.05) is 0 Å². The summed E-state index contributed by atoms with van der Waals surface area (Å²) in [5.74, 6) is 0.998. The Balaban J connectivity index is 1.50. The average molecular weight is 341 g/mol. The molecule has 0 spiro atoms. The molecular formula is C20H27N3O2. The number of likely N-dealkylation sites (tertiary alicyclic amines) is 1. The number of nitrogens with zero attached hydrogens (tertiary/aromatic N) is 2. The van der Waals surface area contributed by atoms with Gasteiger partial charge in [-0.2, -0.15) is 0 Å². The van der Waals surface area contributed by atoms with E-state index in [0.717, 1.165) is 26.1 Å². The van der Waals surface area contributed by atoms with Crippen LogP contribution in [0.5, 0.6) is 0 Å². The molecule has 25 heavy (non-hydrogen) atoms. The molecule has 1 aromatic carbocycles. The highest BCUT2D eigenvalue weighted by Crippen LogP contribution is 2.20. The second kappa shape index (κ2) is 7.40. The Hall–Kier alpha value is -2.14. The van der Waals surface area contributed by atoms with Gasteiger partial charge in [0, 0.05) is 19.6 Å².